The molecule has 0 aliphatic carbocycles. The lowest BCUT2D eigenvalue weighted by molar-refractivity contribution is 0.532. The van der Waals surface area contributed by atoms with E-state index in [0.29, 0.717) is 16.8 Å². The predicted octanol–water partition coefficient (Wildman–Crippen LogP) is 7.05. The summed E-state index contributed by atoms with van der Waals surface area (Å²) in [5.41, 5.74) is 4.38. The summed E-state index contributed by atoms with van der Waals surface area (Å²) in [6.07, 6.45) is 0. The van der Waals surface area contributed by atoms with Gasteiger partial charge in [-0.15, -0.1) is 0 Å². The van der Waals surface area contributed by atoms with Crippen molar-refractivity contribution in [3.63, 3.8) is 0 Å². The van der Waals surface area contributed by atoms with Crippen molar-refractivity contribution < 1.29 is 8.78 Å². The van der Waals surface area contributed by atoms with E-state index in [1.807, 2.05) is 68.4 Å². The molecule has 0 N–H and O–H groups in total. The Labute approximate surface area is 187 Å². The molecule has 5 rings (SSSR count). The van der Waals surface area contributed by atoms with E-state index in [0.717, 1.165) is 34.3 Å². The zero-order valence-electron chi connectivity index (χ0n) is 18.6. The number of nitrogens with zero attached hydrogens (tertiary/aromatic N) is 2. The summed E-state index contributed by atoms with van der Waals surface area (Å²) in [6, 6.07) is 22.1. The van der Waals surface area contributed by atoms with Crippen molar-refractivity contribution in [2.75, 3.05) is 0 Å². The van der Waals surface area contributed by atoms with Crippen LogP contribution in [-0.4, -0.2) is 9.97 Å². The second-order valence-electron chi connectivity index (χ2n) is 9.46. The molecule has 0 spiro atoms. The summed E-state index contributed by atoms with van der Waals surface area (Å²) in [7, 11) is 0. The Kier molecular flexibility index (Phi) is 4.52. The van der Waals surface area contributed by atoms with Crippen LogP contribution in [0.3, 0.4) is 0 Å². The lowest BCUT2D eigenvalue weighted by Crippen LogP contribution is -2.23. The Morgan fingerprint density at radius 3 is 1.97 bits per heavy atom. The molecule has 0 radical (unpaired) electrons. The van der Waals surface area contributed by atoms with Gasteiger partial charge in [0.05, 0.1) is 22.8 Å². The number of hydrogen-bond acceptors (Lipinski definition) is 2. The van der Waals surface area contributed by atoms with Crippen molar-refractivity contribution >= 4 is 0 Å². The van der Waals surface area contributed by atoms with Gasteiger partial charge in [0, 0.05) is 28.0 Å². The Morgan fingerprint density at radius 2 is 1.25 bits per heavy atom. The highest BCUT2D eigenvalue weighted by atomic mass is 19.1. The van der Waals surface area contributed by atoms with Gasteiger partial charge in [-0.05, 0) is 61.4 Å². The van der Waals surface area contributed by atoms with Crippen molar-refractivity contribution in [2.24, 2.45) is 0 Å². The Hall–Kier alpha value is -3.40. The maximum Gasteiger partial charge on any atom is 0.135 e. The third-order valence-electron chi connectivity index (χ3n) is 6.66. The lowest BCUT2D eigenvalue weighted by atomic mass is 9.76. The van der Waals surface area contributed by atoms with E-state index in [1.165, 1.54) is 0 Å². The summed E-state index contributed by atoms with van der Waals surface area (Å²) in [4.78, 5) is 9.77. The van der Waals surface area contributed by atoms with Crippen LogP contribution < -0.4 is 0 Å². The van der Waals surface area contributed by atoms with E-state index >= 15 is 4.39 Å². The van der Waals surface area contributed by atoms with Crippen LogP contribution >= 0.6 is 0 Å². The molecule has 160 valence electrons. The first kappa shape index (κ1) is 20.5. The van der Waals surface area contributed by atoms with Crippen LogP contribution in [0.1, 0.15) is 50.2 Å². The number of hydrogen-bond donors (Lipinski definition) is 0. The van der Waals surface area contributed by atoms with Crippen molar-refractivity contribution in [2.45, 2.75) is 38.5 Å². The predicted molar refractivity (Wildman–Crippen MR) is 124 cm³/mol. The molecule has 2 aromatic heterocycles. The van der Waals surface area contributed by atoms with Gasteiger partial charge in [-0.2, -0.15) is 0 Å². The maximum atomic E-state index is 15.1. The summed E-state index contributed by atoms with van der Waals surface area (Å²) in [5.74, 6) is -1.18. The van der Waals surface area contributed by atoms with Crippen molar-refractivity contribution in [3.8, 4) is 22.5 Å². The van der Waals surface area contributed by atoms with Crippen LogP contribution in [0.2, 0.25) is 0 Å². The average Bonchev–Trinajstić information content (AvgIpc) is 2.79. The molecule has 4 aromatic rings. The van der Waals surface area contributed by atoms with Gasteiger partial charge in [0.15, 0.2) is 0 Å². The number of benzene rings is 2. The molecule has 8 bridgehead atoms. The fraction of sp³-hybridized carbons (Fsp3) is 0.214. The minimum absolute atomic E-state index is 0.294. The van der Waals surface area contributed by atoms with Crippen LogP contribution in [0, 0.1) is 11.6 Å². The first-order valence-corrected chi connectivity index (χ1v) is 10.7. The number of rotatable bonds is 0. The van der Waals surface area contributed by atoms with E-state index in [2.05, 4.69) is 13.8 Å². The number of fused-ring (bicyclic) bond motifs is 10. The van der Waals surface area contributed by atoms with Crippen molar-refractivity contribution in [1.29, 1.82) is 0 Å². The molecular formula is C28H24F2N2. The van der Waals surface area contributed by atoms with E-state index in [1.54, 1.807) is 12.1 Å². The summed E-state index contributed by atoms with van der Waals surface area (Å²) in [6.45, 7) is 8.02. The van der Waals surface area contributed by atoms with E-state index in [-0.39, 0.29) is 0 Å². The second-order valence-corrected chi connectivity index (χ2v) is 9.46. The van der Waals surface area contributed by atoms with Gasteiger partial charge >= 0.3 is 0 Å². The second kappa shape index (κ2) is 7.06. The fourth-order valence-corrected chi connectivity index (χ4v) is 4.45. The fourth-order valence-electron chi connectivity index (χ4n) is 4.45. The minimum atomic E-state index is -0.693. The van der Waals surface area contributed by atoms with Crippen molar-refractivity contribution in [3.05, 3.63) is 107 Å². The van der Waals surface area contributed by atoms with Gasteiger partial charge in [-0.25, -0.2) is 8.78 Å². The van der Waals surface area contributed by atoms with E-state index in [4.69, 9.17) is 9.97 Å². The molecule has 32 heavy (non-hydrogen) atoms. The van der Waals surface area contributed by atoms with Crippen LogP contribution in [0.5, 0.6) is 0 Å². The normalized spacial score (nSPS) is 15.7. The van der Waals surface area contributed by atoms with Gasteiger partial charge in [0.2, 0.25) is 0 Å². The summed E-state index contributed by atoms with van der Waals surface area (Å²) in [5, 5.41) is 0. The molecule has 0 atom stereocenters. The zero-order valence-corrected chi connectivity index (χ0v) is 18.6. The highest BCUT2D eigenvalue weighted by molar-refractivity contribution is 5.65. The molecule has 2 nitrogen and oxygen atoms in total. The molecule has 1 aliphatic heterocycles. The first-order chi connectivity index (χ1) is 15.2. The van der Waals surface area contributed by atoms with Crippen LogP contribution in [0.15, 0.2) is 72.8 Å². The zero-order chi connectivity index (χ0) is 22.7. The molecule has 3 heterocycles. The van der Waals surface area contributed by atoms with Crippen LogP contribution in [0.25, 0.3) is 22.5 Å². The van der Waals surface area contributed by atoms with Crippen molar-refractivity contribution in [1.82, 2.24) is 9.97 Å². The van der Waals surface area contributed by atoms with E-state index in [9.17, 15) is 4.39 Å². The topological polar surface area (TPSA) is 25.8 Å². The Bertz CT molecular complexity index is 1360. The third kappa shape index (κ3) is 3.13. The standard InChI is InChI=1S/C28H24F2N2/c1-27(2)18-9-5-8-17(14-18)23-10-6-12-25(31-23)28(3,4)26-13-7-11-24(32-26)19-15-20(27)22(30)16-21(19)29/h5-16H,1-4H3. The molecule has 4 heteroatoms. The smallest absolute Gasteiger partial charge is 0.135 e. The monoisotopic (exact) mass is 426 g/mol. The first-order valence-electron chi connectivity index (χ1n) is 10.7. The molecule has 0 amide bonds. The van der Waals surface area contributed by atoms with Gasteiger partial charge < -0.3 is 0 Å². The van der Waals surface area contributed by atoms with Gasteiger partial charge in [0.25, 0.3) is 0 Å². The summed E-state index contributed by atoms with van der Waals surface area (Å²) >= 11 is 0. The molecule has 0 saturated carbocycles. The molecule has 2 aromatic carbocycles. The SMILES string of the molecule is CC1(C)c2cccc(n2)-c2cccc(c2)C(C)(C)c2cc(c(F)cc2F)-c2cccc1n2. The van der Waals surface area contributed by atoms with Crippen LogP contribution in [0.4, 0.5) is 8.78 Å². The lowest BCUT2D eigenvalue weighted by Gasteiger charge is -2.29. The molecule has 0 fully saturated rings. The Morgan fingerprint density at radius 1 is 0.625 bits per heavy atom. The molecule has 0 saturated heterocycles. The third-order valence-corrected chi connectivity index (χ3v) is 6.66. The molecule has 0 unspecified atom stereocenters. The summed E-state index contributed by atoms with van der Waals surface area (Å²) < 4.78 is 30.1. The van der Waals surface area contributed by atoms with Gasteiger partial charge in [-0.1, -0.05) is 44.2 Å². The maximum absolute atomic E-state index is 15.1. The largest absolute Gasteiger partial charge is 0.252 e. The number of halogens is 2. The van der Waals surface area contributed by atoms with Gasteiger partial charge in [-0.3, -0.25) is 9.97 Å². The minimum Gasteiger partial charge on any atom is -0.252 e. The highest BCUT2D eigenvalue weighted by Crippen LogP contribution is 2.39. The quantitative estimate of drug-likeness (QED) is 0.301. The highest BCUT2D eigenvalue weighted by Gasteiger charge is 2.31. The molecular weight excluding hydrogens is 402 g/mol. The molecule has 1 aliphatic rings. The van der Waals surface area contributed by atoms with Crippen LogP contribution in [-0.2, 0) is 10.8 Å². The van der Waals surface area contributed by atoms with E-state index < -0.39 is 22.5 Å². The average molecular weight is 427 g/mol. The van der Waals surface area contributed by atoms with Gasteiger partial charge in [0.1, 0.15) is 11.6 Å². The number of pyridine rings is 2. The Balaban J connectivity index is 1.89. The number of aromatic nitrogens is 2.